The predicted molar refractivity (Wildman–Crippen MR) is 58.1 cm³/mol. The Bertz CT molecular complexity index is 485. The second-order valence-electron chi connectivity index (χ2n) is 3.88. The fourth-order valence-corrected chi connectivity index (χ4v) is 1.78. The van der Waals surface area contributed by atoms with Crippen molar-refractivity contribution in [3.63, 3.8) is 0 Å². The van der Waals surface area contributed by atoms with Gasteiger partial charge in [-0.25, -0.2) is 4.98 Å². The van der Waals surface area contributed by atoms with Crippen LogP contribution in [0.25, 0.3) is 11.3 Å². The second kappa shape index (κ2) is 3.08. The first-order valence-electron chi connectivity index (χ1n) is 5.08. The molecule has 4 heteroatoms. The highest BCUT2D eigenvalue weighted by atomic mass is 15.1. The van der Waals surface area contributed by atoms with Crippen LogP contribution in [0.4, 0.5) is 5.69 Å². The van der Waals surface area contributed by atoms with Crippen molar-refractivity contribution in [3.8, 4) is 11.3 Å². The van der Waals surface area contributed by atoms with Gasteiger partial charge in [0.05, 0.1) is 18.2 Å². The maximum Gasteiger partial charge on any atom is 0.0953 e. The second-order valence-corrected chi connectivity index (χ2v) is 3.88. The molecule has 0 bridgehead atoms. The van der Waals surface area contributed by atoms with Crippen LogP contribution in [0.1, 0.15) is 18.9 Å². The highest BCUT2D eigenvalue weighted by Gasteiger charge is 2.26. The molecule has 1 fully saturated rings. The zero-order chi connectivity index (χ0) is 10.3. The van der Waals surface area contributed by atoms with Crippen molar-refractivity contribution in [2.24, 2.45) is 0 Å². The SMILES string of the molecule is Nc1ccncc1-c1cncn1C1CC1. The Labute approximate surface area is 87.8 Å². The van der Waals surface area contributed by atoms with E-state index in [1.54, 1.807) is 12.4 Å². The van der Waals surface area contributed by atoms with Crippen molar-refractivity contribution in [1.29, 1.82) is 0 Å². The van der Waals surface area contributed by atoms with Crippen molar-refractivity contribution in [1.82, 2.24) is 14.5 Å². The number of nitrogens with two attached hydrogens (primary N) is 1. The standard InChI is InChI=1S/C11H12N4/c12-10-3-4-13-5-9(10)11-6-14-7-15(11)8-1-2-8/h3-8H,1-2H2,(H2,12,13). The lowest BCUT2D eigenvalue weighted by Crippen LogP contribution is -1.98. The van der Waals surface area contributed by atoms with E-state index in [0.29, 0.717) is 6.04 Å². The Balaban J connectivity index is 2.12. The van der Waals surface area contributed by atoms with Gasteiger partial charge in [-0.2, -0.15) is 0 Å². The first-order chi connectivity index (χ1) is 7.36. The van der Waals surface area contributed by atoms with Crippen LogP contribution in [0.3, 0.4) is 0 Å². The van der Waals surface area contributed by atoms with Gasteiger partial charge in [0.25, 0.3) is 0 Å². The zero-order valence-corrected chi connectivity index (χ0v) is 8.30. The molecule has 1 aliphatic carbocycles. The number of hydrogen-bond donors (Lipinski definition) is 1. The summed E-state index contributed by atoms with van der Waals surface area (Å²) in [5, 5.41) is 0. The number of imidazole rings is 1. The monoisotopic (exact) mass is 200 g/mol. The summed E-state index contributed by atoms with van der Waals surface area (Å²) in [6.45, 7) is 0. The Kier molecular flexibility index (Phi) is 1.74. The van der Waals surface area contributed by atoms with Crippen LogP contribution < -0.4 is 5.73 Å². The molecule has 1 aliphatic rings. The topological polar surface area (TPSA) is 56.7 Å². The Morgan fingerprint density at radius 2 is 2.13 bits per heavy atom. The van der Waals surface area contributed by atoms with Crippen LogP contribution in [0.2, 0.25) is 0 Å². The molecule has 0 unspecified atom stereocenters. The summed E-state index contributed by atoms with van der Waals surface area (Å²) in [5.74, 6) is 0. The van der Waals surface area contributed by atoms with Crippen molar-refractivity contribution in [2.45, 2.75) is 18.9 Å². The number of rotatable bonds is 2. The molecular formula is C11H12N4. The number of anilines is 1. The average Bonchev–Trinajstić information content (AvgIpc) is 2.98. The third kappa shape index (κ3) is 1.38. The summed E-state index contributed by atoms with van der Waals surface area (Å²) in [4.78, 5) is 8.28. The summed E-state index contributed by atoms with van der Waals surface area (Å²) in [6.07, 6.45) is 9.71. The van der Waals surface area contributed by atoms with Crippen molar-refractivity contribution >= 4 is 5.69 Å². The molecule has 76 valence electrons. The smallest absolute Gasteiger partial charge is 0.0953 e. The molecule has 0 aliphatic heterocycles. The molecule has 2 heterocycles. The number of aromatic nitrogens is 3. The van der Waals surface area contributed by atoms with E-state index in [-0.39, 0.29) is 0 Å². The van der Waals surface area contributed by atoms with Crippen molar-refractivity contribution in [2.75, 3.05) is 5.73 Å². The van der Waals surface area contributed by atoms with E-state index in [2.05, 4.69) is 14.5 Å². The lowest BCUT2D eigenvalue weighted by atomic mass is 10.2. The summed E-state index contributed by atoms with van der Waals surface area (Å²) >= 11 is 0. The molecule has 2 aromatic rings. The van der Waals surface area contributed by atoms with E-state index in [0.717, 1.165) is 16.9 Å². The minimum absolute atomic E-state index is 0.613. The molecule has 4 nitrogen and oxygen atoms in total. The van der Waals surface area contributed by atoms with Gasteiger partial charge >= 0.3 is 0 Å². The third-order valence-corrected chi connectivity index (χ3v) is 2.74. The Morgan fingerprint density at radius 3 is 2.87 bits per heavy atom. The Hall–Kier alpha value is -1.84. The molecule has 0 atom stereocenters. The summed E-state index contributed by atoms with van der Waals surface area (Å²) in [5.41, 5.74) is 8.72. The van der Waals surface area contributed by atoms with Crippen LogP contribution in [-0.2, 0) is 0 Å². The van der Waals surface area contributed by atoms with Crippen LogP contribution in [-0.4, -0.2) is 14.5 Å². The molecule has 0 amide bonds. The minimum atomic E-state index is 0.613. The molecule has 0 aromatic carbocycles. The lowest BCUT2D eigenvalue weighted by molar-refractivity contribution is 0.748. The minimum Gasteiger partial charge on any atom is -0.398 e. The summed E-state index contributed by atoms with van der Waals surface area (Å²) in [7, 11) is 0. The van der Waals surface area contributed by atoms with Gasteiger partial charge in [0.15, 0.2) is 0 Å². The van der Waals surface area contributed by atoms with Crippen LogP contribution in [0.5, 0.6) is 0 Å². The van der Waals surface area contributed by atoms with Gasteiger partial charge in [0.1, 0.15) is 0 Å². The van der Waals surface area contributed by atoms with Crippen LogP contribution in [0.15, 0.2) is 31.0 Å². The highest BCUT2D eigenvalue weighted by molar-refractivity contribution is 5.72. The normalized spacial score (nSPS) is 15.5. The van der Waals surface area contributed by atoms with Gasteiger partial charge in [-0.1, -0.05) is 0 Å². The van der Waals surface area contributed by atoms with E-state index in [9.17, 15) is 0 Å². The maximum atomic E-state index is 5.92. The highest BCUT2D eigenvalue weighted by Crippen LogP contribution is 2.38. The lowest BCUT2D eigenvalue weighted by Gasteiger charge is -2.07. The first kappa shape index (κ1) is 8.47. The molecule has 2 N–H and O–H groups in total. The van der Waals surface area contributed by atoms with Crippen molar-refractivity contribution < 1.29 is 0 Å². The zero-order valence-electron chi connectivity index (χ0n) is 8.30. The van der Waals surface area contributed by atoms with Crippen LogP contribution >= 0.6 is 0 Å². The van der Waals surface area contributed by atoms with Crippen molar-refractivity contribution in [3.05, 3.63) is 31.0 Å². The third-order valence-electron chi connectivity index (χ3n) is 2.74. The molecule has 1 saturated carbocycles. The van der Waals surface area contributed by atoms with E-state index in [4.69, 9.17) is 5.73 Å². The fourth-order valence-electron chi connectivity index (χ4n) is 1.78. The largest absolute Gasteiger partial charge is 0.398 e. The molecule has 0 saturated heterocycles. The quantitative estimate of drug-likeness (QED) is 0.805. The molecule has 2 aromatic heterocycles. The van der Waals surface area contributed by atoms with E-state index in [1.165, 1.54) is 12.8 Å². The van der Waals surface area contributed by atoms with Crippen LogP contribution in [0, 0.1) is 0 Å². The maximum absolute atomic E-state index is 5.92. The summed E-state index contributed by atoms with van der Waals surface area (Å²) < 4.78 is 2.19. The number of nitrogens with zero attached hydrogens (tertiary/aromatic N) is 3. The van der Waals surface area contributed by atoms with Gasteiger partial charge in [0.2, 0.25) is 0 Å². The van der Waals surface area contributed by atoms with Gasteiger partial charge in [-0.15, -0.1) is 0 Å². The molecule has 15 heavy (non-hydrogen) atoms. The average molecular weight is 200 g/mol. The molecule has 3 rings (SSSR count). The van der Waals surface area contributed by atoms with E-state index >= 15 is 0 Å². The first-order valence-corrected chi connectivity index (χ1v) is 5.08. The molecule has 0 spiro atoms. The van der Waals surface area contributed by atoms with E-state index < -0.39 is 0 Å². The Morgan fingerprint density at radius 1 is 1.27 bits per heavy atom. The van der Waals surface area contributed by atoms with Gasteiger partial charge in [0, 0.05) is 29.7 Å². The van der Waals surface area contributed by atoms with E-state index in [1.807, 2.05) is 18.6 Å². The summed E-state index contributed by atoms with van der Waals surface area (Å²) in [6, 6.07) is 2.43. The molecule has 0 radical (unpaired) electrons. The number of pyridine rings is 1. The number of hydrogen-bond acceptors (Lipinski definition) is 3. The van der Waals surface area contributed by atoms with Gasteiger partial charge in [-0.05, 0) is 18.9 Å². The fraction of sp³-hybridized carbons (Fsp3) is 0.273. The van der Waals surface area contributed by atoms with Gasteiger partial charge in [-0.3, -0.25) is 4.98 Å². The van der Waals surface area contributed by atoms with Gasteiger partial charge < -0.3 is 10.3 Å². The molecular weight excluding hydrogens is 188 g/mol. The number of nitrogen functional groups attached to an aromatic ring is 1. The predicted octanol–water partition coefficient (Wildman–Crippen LogP) is 1.86.